The third-order valence-corrected chi connectivity index (χ3v) is 6.34. The van der Waals surface area contributed by atoms with Crippen LogP contribution in [0.1, 0.15) is 30.4 Å². The van der Waals surface area contributed by atoms with Crippen LogP contribution in [0.2, 0.25) is 0 Å². The lowest BCUT2D eigenvalue weighted by atomic mass is 9.58. The number of ketones is 1. The first kappa shape index (κ1) is 18.0. The number of hydrogen-bond donors (Lipinski definition) is 0. The van der Waals surface area contributed by atoms with Gasteiger partial charge in [-0.1, -0.05) is 42.5 Å². The van der Waals surface area contributed by atoms with Gasteiger partial charge in [0, 0.05) is 18.4 Å². The molecule has 2 fully saturated rings. The van der Waals surface area contributed by atoms with E-state index in [2.05, 4.69) is 48.4 Å². The number of carbonyl (C=O) groups is 1. The minimum atomic E-state index is -0.0772. The number of carbonyl (C=O) groups excluding carboxylic acids is 1. The summed E-state index contributed by atoms with van der Waals surface area (Å²) in [6.45, 7) is 2.05. The van der Waals surface area contributed by atoms with E-state index in [0.29, 0.717) is 18.1 Å². The highest BCUT2D eigenvalue weighted by Crippen LogP contribution is 2.49. The maximum absolute atomic E-state index is 13.2. The second-order valence-electron chi connectivity index (χ2n) is 7.98. The number of Topliss-reactive ketones (excluding diaryl/α,β-unsaturated/α-hetero) is 1. The molecule has 2 aliphatic rings. The number of hydrogen-bond acceptors (Lipinski definition) is 3. The van der Waals surface area contributed by atoms with E-state index in [1.54, 1.807) is 7.11 Å². The molecule has 3 heteroatoms. The van der Waals surface area contributed by atoms with E-state index in [9.17, 15) is 4.79 Å². The number of likely N-dealkylation sites (tertiary alicyclic amines) is 1. The minimum Gasteiger partial charge on any atom is -0.497 e. The molecule has 1 aliphatic carbocycles. The van der Waals surface area contributed by atoms with Gasteiger partial charge in [0.1, 0.15) is 5.75 Å². The maximum atomic E-state index is 13.2. The Labute approximate surface area is 161 Å². The summed E-state index contributed by atoms with van der Waals surface area (Å²) in [6, 6.07) is 18.5. The standard InChI is InChI=1S/C24H27NO2/c1-25-12-11-24(20-9-6-10-22(15-20)27-2)16-23(26)19(14-21(24)17-25)13-18-7-4-3-5-8-18/h3-10,13,15,21H,11-12,14,16-17H2,1-2H3/b19-13+/t21-,24+/m1/s1. The fraction of sp³-hybridized carbons (Fsp3) is 0.375. The van der Waals surface area contributed by atoms with E-state index in [-0.39, 0.29) is 5.41 Å². The molecule has 4 rings (SSSR count). The van der Waals surface area contributed by atoms with E-state index in [1.807, 2.05) is 24.3 Å². The molecule has 27 heavy (non-hydrogen) atoms. The second kappa shape index (κ2) is 7.32. The first-order chi connectivity index (χ1) is 13.1. The monoisotopic (exact) mass is 361 g/mol. The second-order valence-corrected chi connectivity index (χ2v) is 7.98. The van der Waals surface area contributed by atoms with Crippen LogP contribution in [-0.4, -0.2) is 37.9 Å². The Morgan fingerprint density at radius 1 is 1.15 bits per heavy atom. The molecule has 2 aromatic carbocycles. The van der Waals surface area contributed by atoms with Crippen molar-refractivity contribution in [1.29, 1.82) is 0 Å². The van der Waals surface area contributed by atoms with Gasteiger partial charge in [-0.2, -0.15) is 0 Å². The van der Waals surface area contributed by atoms with E-state index in [0.717, 1.165) is 42.8 Å². The van der Waals surface area contributed by atoms with Gasteiger partial charge in [0.2, 0.25) is 0 Å². The van der Waals surface area contributed by atoms with Crippen molar-refractivity contribution in [3.05, 3.63) is 71.3 Å². The van der Waals surface area contributed by atoms with Crippen LogP contribution in [0, 0.1) is 5.92 Å². The lowest BCUT2D eigenvalue weighted by Gasteiger charge is -2.50. The van der Waals surface area contributed by atoms with Crippen molar-refractivity contribution in [2.75, 3.05) is 27.2 Å². The first-order valence-corrected chi connectivity index (χ1v) is 9.72. The molecule has 1 aliphatic heterocycles. The van der Waals surface area contributed by atoms with Crippen molar-refractivity contribution < 1.29 is 9.53 Å². The summed E-state index contributed by atoms with van der Waals surface area (Å²) in [7, 11) is 3.89. The number of benzene rings is 2. The summed E-state index contributed by atoms with van der Waals surface area (Å²) < 4.78 is 5.46. The summed E-state index contributed by atoms with van der Waals surface area (Å²) in [6.07, 6.45) is 4.55. The number of rotatable bonds is 3. The third-order valence-electron chi connectivity index (χ3n) is 6.34. The summed E-state index contributed by atoms with van der Waals surface area (Å²) in [5.74, 6) is 1.61. The number of methoxy groups -OCH3 is 1. The largest absolute Gasteiger partial charge is 0.497 e. The Bertz CT molecular complexity index is 858. The number of fused-ring (bicyclic) bond motifs is 1. The molecule has 2 aromatic rings. The van der Waals surface area contributed by atoms with Crippen LogP contribution in [0.5, 0.6) is 5.75 Å². The minimum absolute atomic E-state index is 0.0772. The van der Waals surface area contributed by atoms with Crippen LogP contribution in [0.3, 0.4) is 0 Å². The molecule has 0 spiro atoms. The Morgan fingerprint density at radius 2 is 1.96 bits per heavy atom. The molecule has 0 radical (unpaired) electrons. The predicted molar refractivity (Wildman–Crippen MR) is 109 cm³/mol. The summed E-state index contributed by atoms with van der Waals surface area (Å²) in [5, 5.41) is 0. The molecule has 140 valence electrons. The Morgan fingerprint density at radius 3 is 2.74 bits per heavy atom. The van der Waals surface area contributed by atoms with E-state index >= 15 is 0 Å². The first-order valence-electron chi connectivity index (χ1n) is 9.72. The molecule has 0 bridgehead atoms. The number of piperidine rings is 1. The van der Waals surface area contributed by atoms with E-state index in [1.165, 1.54) is 5.56 Å². The summed E-state index contributed by atoms with van der Waals surface area (Å²) >= 11 is 0. The van der Waals surface area contributed by atoms with Crippen molar-refractivity contribution in [2.24, 2.45) is 5.92 Å². The molecule has 3 nitrogen and oxygen atoms in total. The van der Waals surface area contributed by atoms with Crippen molar-refractivity contribution in [3.63, 3.8) is 0 Å². The normalized spacial score (nSPS) is 27.4. The van der Waals surface area contributed by atoms with E-state index < -0.39 is 0 Å². The van der Waals surface area contributed by atoms with Crippen LogP contribution in [-0.2, 0) is 10.2 Å². The average Bonchev–Trinajstić information content (AvgIpc) is 2.70. The molecular formula is C24H27NO2. The van der Waals surface area contributed by atoms with Gasteiger partial charge >= 0.3 is 0 Å². The van der Waals surface area contributed by atoms with Crippen LogP contribution in [0.15, 0.2) is 60.2 Å². The van der Waals surface area contributed by atoms with Gasteiger partial charge in [-0.05, 0) is 67.3 Å². The molecule has 2 atom stereocenters. The summed E-state index contributed by atoms with van der Waals surface area (Å²) in [5.41, 5.74) is 3.26. The van der Waals surface area contributed by atoms with Gasteiger partial charge in [0.05, 0.1) is 7.11 Å². The van der Waals surface area contributed by atoms with Crippen LogP contribution < -0.4 is 4.74 Å². The molecule has 1 saturated heterocycles. The molecule has 1 saturated carbocycles. The molecule has 1 heterocycles. The van der Waals surface area contributed by atoms with Crippen molar-refractivity contribution >= 4 is 11.9 Å². The maximum Gasteiger partial charge on any atom is 0.159 e. The number of allylic oxidation sites excluding steroid dienone is 1. The smallest absolute Gasteiger partial charge is 0.159 e. The Hall–Kier alpha value is -2.39. The van der Waals surface area contributed by atoms with Crippen LogP contribution in [0.4, 0.5) is 0 Å². The zero-order valence-electron chi connectivity index (χ0n) is 16.2. The van der Waals surface area contributed by atoms with Crippen LogP contribution >= 0.6 is 0 Å². The van der Waals surface area contributed by atoms with Gasteiger partial charge < -0.3 is 9.64 Å². The van der Waals surface area contributed by atoms with Crippen molar-refractivity contribution in [2.45, 2.75) is 24.7 Å². The highest BCUT2D eigenvalue weighted by Gasteiger charge is 2.48. The summed E-state index contributed by atoms with van der Waals surface area (Å²) in [4.78, 5) is 15.6. The lowest BCUT2D eigenvalue weighted by Crippen LogP contribution is -2.52. The molecule has 0 unspecified atom stereocenters. The zero-order chi connectivity index (χ0) is 18.9. The fourth-order valence-corrected chi connectivity index (χ4v) is 4.81. The van der Waals surface area contributed by atoms with Crippen LogP contribution in [0.25, 0.3) is 6.08 Å². The zero-order valence-corrected chi connectivity index (χ0v) is 16.2. The van der Waals surface area contributed by atoms with Gasteiger partial charge in [0.25, 0.3) is 0 Å². The van der Waals surface area contributed by atoms with Gasteiger partial charge in [-0.15, -0.1) is 0 Å². The molecule has 0 amide bonds. The molecular weight excluding hydrogens is 334 g/mol. The predicted octanol–water partition coefficient (Wildman–Crippen LogP) is 4.33. The lowest BCUT2D eigenvalue weighted by molar-refractivity contribution is -0.120. The highest BCUT2D eigenvalue weighted by molar-refractivity contribution is 6.01. The third kappa shape index (κ3) is 3.44. The number of nitrogens with zero attached hydrogens (tertiary/aromatic N) is 1. The van der Waals surface area contributed by atoms with Crippen molar-refractivity contribution in [3.8, 4) is 5.75 Å². The fourth-order valence-electron chi connectivity index (χ4n) is 4.81. The topological polar surface area (TPSA) is 29.5 Å². The van der Waals surface area contributed by atoms with Crippen molar-refractivity contribution in [1.82, 2.24) is 4.90 Å². The SMILES string of the molecule is COc1cccc([C@@]23CCN(C)C[C@H]2C/C(=C\c2ccccc2)C(=O)C3)c1. The van der Waals surface area contributed by atoms with Gasteiger partial charge in [-0.3, -0.25) is 4.79 Å². The van der Waals surface area contributed by atoms with Gasteiger partial charge in [-0.25, -0.2) is 0 Å². The van der Waals surface area contributed by atoms with E-state index in [4.69, 9.17) is 4.74 Å². The Kier molecular flexibility index (Phi) is 4.88. The molecule has 0 N–H and O–H groups in total. The number of ether oxygens (including phenoxy) is 1. The molecule has 0 aromatic heterocycles. The highest BCUT2D eigenvalue weighted by atomic mass is 16.5. The van der Waals surface area contributed by atoms with Gasteiger partial charge in [0.15, 0.2) is 5.78 Å². The average molecular weight is 361 g/mol. The quantitative estimate of drug-likeness (QED) is 0.762. The Balaban J connectivity index is 1.72.